The summed E-state index contributed by atoms with van der Waals surface area (Å²) in [7, 11) is -3.83. The van der Waals surface area contributed by atoms with Crippen molar-refractivity contribution < 1.29 is 23.4 Å². The molecule has 0 aromatic heterocycles. The average molecular weight is 399 g/mol. The molecular weight excluding hydrogens is 385 g/mol. The van der Waals surface area contributed by atoms with Crippen molar-refractivity contribution in [3.05, 3.63) is 27.3 Å². The Balaban J connectivity index is 3.15. The van der Waals surface area contributed by atoms with Gasteiger partial charge >= 0.3 is 5.97 Å². The van der Waals surface area contributed by atoms with Gasteiger partial charge in [-0.2, -0.15) is 0 Å². The lowest BCUT2D eigenvalue weighted by molar-refractivity contribution is 0.0695. The zero-order valence-corrected chi connectivity index (χ0v) is 13.1. The van der Waals surface area contributed by atoms with E-state index in [1.54, 1.807) is 6.92 Å². The quantitative estimate of drug-likeness (QED) is 0.621. The number of halogens is 1. The second-order valence-electron chi connectivity index (χ2n) is 3.86. The molecule has 0 bridgehead atoms. The lowest BCUT2D eigenvalue weighted by Gasteiger charge is -2.14. The van der Waals surface area contributed by atoms with Gasteiger partial charge < -0.3 is 10.2 Å². The van der Waals surface area contributed by atoms with Crippen LogP contribution in [0.4, 0.5) is 0 Å². The summed E-state index contributed by atoms with van der Waals surface area (Å²) in [5.74, 6) is -1.18. The number of carbonyl (C=O) groups is 1. The Hall–Kier alpha value is -0.710. The van der Waals surface area contributed by atoms with Crippen molar-refractivity contribution in [1.29, 1.82) is 0 Å². The zero-order chi connectivity index (χ0) is 14.6. The highest BCUT2D eigenvalue weighted by Gasteiger charge is 2.21. The Bertz CT molecular complexity index is 568. The number of rotatable bonds is 6. The van der Waals surface area contributed by atoms with Gasteiger partial charge in [-0.25, -0.2) is 17.9 Å². The van der Waals surface area contributed by atoms with Gasteiger partial charge in [-0.1, -0.05) is 6.92 Å². The fourth-order valence-corrected chi connectivity index (χ4v) is 3.28. The maximum atomic E-state index is 12.0. The topological polar surface area (TPSA) is 104 Å². The molecule has 1 atom stereocenters. The molecule has 0 radical (unpaired) electrons. The minimum absolute atomic E-state index is 0.0690. The van der Waals surface area contributed by atoms with Crippen molar-refractivity contribution in [1.82, 2.24) is 4.72 Å². The van der Waals surface area contributed by atoms with E-state index in [9.17, 15) is 13.2 Å². The predicted octanol–water partition coefficient (Wildman–Crippen LogP) is 1.04. The molecule has 0 amide bonds. The molecule has 0 spiro atoms. The van der Waals surface area contributed by atoms with Crippen molar-refractivity contribution in [3.8, 4) is 0 Å². The second-order valence-corrected chi connectivity index (χ2v) is 6.73. The first-order chi connectivity index (χ1) is 8.81. The zero-order valence-electron chi connectivity index (χ0n) is 10.1. The number of aliphatic hydroxyl groups excluding tert-OH is 1. The average Bonchev–Trinajstić information content (AvgIpc) is 2.35. The summed E-state index contributed by atoms with van der Waals surface area (Å²) in [6.07, 6.45) is 0.436. The van der Waals surface area contributed by atoms with Gasteiger partial charge in [0.15, 0.2) is 0 Å². The summed E-state index contributed by atoms with van der Waals surface area (Å²) < 4.78 is 26.8. The van der Waals surface area contributed by atoms with Crippen molar-refractivity contribution in [2.45, 2.75) is 24.3 Å². The van der Waals surface area contributed by atoms with E-state index >= 15 is 0 Å². The summed E-state index contributed by atoms with van der Waals surface area (Å²) in [6.45, 7) is 1.42. The third-order valence-corrected chi connectivity index (χ3v) is 4.97. The summed E-state index contributed by atoms with van der Waals surface area (Å²) in [5.41, 5.74) is -0.0690. The number of carboxylic acids is 1. The Kier molecular flexibility index (Phi) is 5.71. The fourth-order valence-electron chi connectivity index (χ4n) is 1.37. The van der Waals surface area contributed by atoms with Gasteiger partial charge in [-0.05, 0) is 47.2 Å². The number of carboxylic acid groups (broad SMARTS) is 1. The number of nitrogens with one attached hydrogen (secondary N) is 1. The molecule has 106 valence electrons. The normalized spacial score (nSPS) is 13.2. The number of benzene rings is 1. The van der Waals surface area contributed by atoms with Gasteiger partial charge in [0.1, 0.15) is 0 Å². The summed E-state index contributed by atoms with van der Waals surface area (Å²) in [5, 5.41) is 18.0. The van der Waals surface area contributed by atoms with Crippen LogP contribution in [0.1, 0.15) is 23.7 Å². The van der Waals surface area contributed by atoms with Crippen LogP contribution in [0.3, 0.4) is 0 Å². The van der Waals surface area contributed by atoms with Gasteiger partial charge in [0.2, 0.25) is 10.0 Å². The predicted molar refractivity (Wildman–Crippen MR) is 77.6 cm³/mol. The van der Waals surface area contributed by atoms with Crippen LogP contribution in [0, 0.1) is 3.57 Å². The Morgan fingerprint density at radius 2 is 2.11 bits per heavy atom. The number of hydrogen-bond acceptors (Lipinski definition) is 4. The van der Waals surface area contributed by atoms with Crippen LogP contribution in [0.15, 0.2) is 23.1 Å². The molecule has 1 rings (SSSR count). The minimum atomic E-state index is -3.83. The Labute approximate surface area is 125 Å². The second kappa shape index (κ2) is 6.64. The van der Waals surface area contributed by atoms with E-state index in [0.717, 1.165) is 6.07 Å². The molecule has 0 fully saturated rings. The molecular formula is C11H14INO5S. The highest BCUT2D eigenvalue weighted by atomic mass is 127. The van der Waals surface area contributed by atoms with E-state index in [-0.39, 0.29) is 17.1 Å². The summed E-state index contributed by atoms with van der Waals surface area (Å²) in [4.78, 5) is 10.8. The molecule has 3 N–H and O–H groups in total. The van der Waals surface area contributed by atoms with E-state index in [1.807, 2.05) is 22.6 Å². The van der Waals surface area contributed by atoms with Gasteiger partial charge in [0.25, 0.3) is 0 Å². The highest BCUT2D eigenvalue weighted by Crippen LogP contribution is 2.18. The third kappa shape index (κ3) is 4.13. The van der Waals surface area contributed by atoms with E-state index in [4.69, 9.17) is 10.2 Å². The van der Waals surface area contributed by atoms with Gasteiger partial charge in [0.05, 0.1) is 17.1 Å². The molecule has 19 heavy (non-hydrogen) atoms. The highest BCUT2D eigenvalue weighted by molar-refractivity contribution is 14.1. The van der Waals surface area contributed by atoms with Gasteiger partial charge in [0, 0.05) is 9.61 Å². The smallest absolute Gasteiger partial charge is 0.336 e. The van der Waals surface area contributed by atoms with E-state index in [1.165, 1.54) is 12.1 Å². The maximum Gasteiger partial charge on any atom is 0.336 e. The van der Waals surface area contributed by atoms with Crippen LogP contribution in [0.5, 0.6) is 0 Å². The molecule has 0 saturated carbocycles. The molecule has 1 aromatic carbocycles. The number of sulfonamides is 1. The van der Waals surface area contributed by atoms with E-state index in [2.05, 4.69) is 4.72 Å². The SMILES string of the molecule is CC[C@@H](CO)NS(=O)(=O)c1ccc(I)c(C(=O)O)c1. The molecule has 0 aliphatic rings. The number of aromatic carboxylic acids is 1. The Morgan fingerprint density at radius 1 is 1.47 bits per heavy atom. The lowest BCUT2D eigenvalue weighted by Crippen LogP contribution is -2.37. The largest absolute Gasteiger partial charge is 0.478 e. The summed E-state index contributed by atoms with van der Waals surface area (Å²) >= 11 is 1.82. The van der Waals surface area contributed by atoms with Crippen LogP contribution in [0.2, 0.25) is 0 Å². The molecule has 8 heteroatoms. The fraction of sp³-hybridized carbons (Fsp3) is 0.364. The minimum Gasteiger partial charge on any atom is -0.478 e. The monoisotopic (exact) mass is 399 g/mol. The van der Waals surface area contributed by atoms with Crippen molar-refractivity contribution in [2.24, 2.45) is 0 Å². The van der Waals surface area contributed by atoms with Crippen LogP contribution in [-0.4, -0.2) is 37.2 Å². The maximum absolute atomic E-state index is 12.0. The standard InChI is InChI=1S/C11H14INO5S/c1-2-7(6-14)13-19(17,18)8-3-4-10(12)9(5-8)11(15)16/h3-5,7,13-14H,2,6H2,1H3,(H,15,16)/t7-/m0/s1. The van der Waals surface area contributed by atoms with Crippen molar-refractivity contribution in [2.75, 3.05) is 6.61 Å². The number of hydrogen-bond donors (Lipinski definition) is 3. The molecule has 0 unspecified atom stereocenters. The molecule has 0 aliphatic carbocycles. The van der Waals surface area contributed by atoms with Crippen LogP contribution < -0.4 is 4.72 Å². The lowest BCUT2D eigenvalue weighted by atomic mass is 10.2. The van der Waals surface area contributed by atoms with Gasteiger partial charge in [-0.15, -0.1) is 0 Å². The van der Waals surface area contributed by atoms with Gasteiger partial charge in [-0.3, -0.25) is 0 Å². The van der Waals surface area contributed by atoms with Crippen LogP contribution >= 0.6 is 22.6 Å². The number of aliphatic hydroxyl groups is 1. The summed E-state index contributed by atoms with van der Waals surface area (Å²) in [6, 6.07) is 3.29. The first kappa shape index (κ1) is 16.3. The molecule has 0 aliphatic heterocycles. The molecule has 1 aromatic rings. The first-order valence-electron chi connectivity index (χ1n) is 5.47. The van der Waals surface area contributed by atoms with Crippen LogP contribution in [0.25, 0.3) is 0 Å². The van der Waals surface area contributed by atoms with Crippen LogP contribution in [-0.2, 0) is 10.0 Å². The van der Waals surface area contributed by atoms with E-state index in [0.29, 0.717) is 9.99 Å². The Morgan fingerprint density at radius 3 is 2.58 bits per heavy atom. The third-order valence-electron chi connectivity index (χ3n) is 2.51. The molecule has 6 nitrogen and oxygen atoms in total. The van der Waals surface area contributed by atoms with E-state index < -0.39 is 22.0 Å². The first-order valence-corrected chi connectivity index (χ1v) is 8.04. The molecule has 0 saturated heterocycles. The van der Waals surface area contributed by atoms with Crippen molar-refractivity contribution >= 4 is 38.6 Å². The van der Waals surface area contributed by atoms with Crippen molar-refractivity contribution in [3.63, 3.8) is 0 Å². The molecule has 0 heterocycles.